The Balaban J connectivity index is 1.25. The van der Waals surface area contributed by atoms with E-state index in [0.29, 0.717) is 0 Å². The lowest BCUT2D eigenvalue weighted by Gasteiger charge is -2.42. The number of likely N-dealkylation sites (tertiary alicyclic amines) is 2. The third-order valence-electron chi connectivity index (χ3n) is 6.17. The average Bonchev–Trinajstić information content (AvgIpc) is 2.57. The standard InChI is InChI=1S/C19H38N4O/c1-20-14-19(15-20)17-22-7-4-18(5-8-22)16-23-11-9-21(10-12-23)6-3-13-24-2/h18-19H,3-17H2,1-2H3. The van der Waals surface area contributed by atoms with Crippen LogP contribution in [-0.4, -0.2) is 112 Å². The van der Waals surface area contributed by atoms with Crippen molar-refractivity contribution in [1.29, 1.82) is 0 Å². The van der Waals surface area contributed by atoms with Crippen LogP contribution in [0.25, 0.3) is 0 Å². The molecule has 0 bridgehead atoms. The van der Waals surface area contributed by atoms with Crippen molar-refractivity contribution in [2.45, 2.75) is 19.3 Å². The Hall–Kier alpha value is -0.200. The van der Waals surface area contributed by atoms with E-state index in [0.717, 1.165) is 18.4 Å². The summed E-state index contributed by atoms with van der Waals surface area (Å²) in [6, 6.07) is 0. The first-order chi connectivity index (χ1) is 11.7. The van der Waals surface area contributed by atoms with Crippen LogP contribution in [0.3, 0.4) is 0 Å². The van der Waals surface area contributed by atoms with Gasteiger partial charge in [-0.3, -0.25) is 0 Å². The van der Waals surface area contributed by atoms with Gasteiger partial charge in [-0.25, -0.2) is 0 Å². The van der Waals surface area contributed by atoms with Crippen LogP contribution in [0.15, 0.2) is 0 Å². The van der Waals surface area contributed by atoms with Crippen LogP contribution in [0.5, 0.6) is 0 Å². The van der Waals surface area contributed by atoms with Crippen LogP contribution in [0.4, 0.5) is 0 Å². The quantitative estimate of drug-likeness (QED) is 0.612. The van der Waals surface area contributed by atoms with Crippen molar-refractivity contribution in [3.05, 3.63) is 0 Å². The highest BCUT2D eigenvalue weighted by Gasteiger charge is 2.28. The van der Waals surface area contributed by atoms with Crippen LogP contribution >= 0.6 is 0 Å². The van der Waals surface area contributed by atoms with E-state index in [1.807, 2.05) is 0 Å². The number of piperazine rings is 1. The Morgan fingerprint density at radius 1 is 0.792 bits per heavy atom. The Kier molecular flexibility index (Phi) is 7.35. The fraction of sp³-hybridized carbons (Fsp3) is 1.00. The summed E-state index contributed by atoms with van der Waals surface area (Å²) in [6.45, 7) is 15.1. The van der Waals surface area contributed by atoms with Crippen molar-refractivity contribution in [3.63, 3.8) is 0 Å². The molecule has 0 atom stereocenters. The summed E-state index contributed by atoms with van der Waals surface area (Å²) in [5.74, 6) is 1.88. The van der Waals surface area contributed by atoms with Crippen molar-refractivity contribution in [3.8, 4) is 0 Å². The summed E-state index contributed by atoms with van der Waals surface area (Å²) in [4.78, 5) is 10.5. The van der Waals surface area contributed by atoms with Crippen molar-refractivity contribution < 1.29 is 4.74 Å². The molecule has 0 amide bonds. The van der Waals surface area contributed by atoms with Gasteiger partial charge in [0.2, 0.25) is 0 Å². The van der Waals surface area contributed by atoms with Crippen LogP contribution in [0, 0.1) is 11.8 Å². The fourth-order valence-electron chi connectivity index (χ4n) is 4.65. The SMILES string of the molecule is COCCCN1CCN(CC2CCN(CC3CN(C)C3)CC2)CC1. The largest absolute Gasteiger partial charge is 0.385 e. The molecule has 0 aromatic heterocycles. The van der Waals surface area contributed by atoms with E-state index >= 15 is 0 Å². The molecule has 0 aliphatic carbocycles. The minimum Gasteiger partial charge on any atom is -0.385 e. The number of rotatable bonds is 8. The predicted molar refractivity (Wildman–Crippen MR) is 99.5 cm³/mol. The molecule has 0 aromatic rings. The summed E-state index contributed by atoms with van der Waals surface area (Å²) in [5.41, 5.74) is 0. The van der Waals surface area contributed by atoms with Crippen molar-refractivity contribution in [2.75, 3.05) is 92.8 Å². The zero-order chi connectivity index (χ0) is 16.8. The van der Waals surface area contributed by atoms with Crippen molar-refractivity contribution in [2.24, 2.45) is 11.8 Å². The molecule has 140 valence electrons. The first-order valence-corrected chi connectivity index (χ1v) is 10.1. The van der Waals surface area contributed by atoms with E-state index in [1.54, 1.807) is 7.11 Å². The normalized spacial score (nSPS) is 26.8. The second-order valence-electron chi connectivity index (χ2n) is 8.32. The van der Waals surface area contributed by atoms with Gasteiger partial charge < -0.3 is 24.3 Å². The minimum atomic E-state index is 0.899. The van der Waals surface area contributed by atoms with Gasteiger partial charge in [0, 0.05) is 72.6 Å². The molecule has 3 aliphatic rings. The lowest BCUT2D eigenvalue weighted by Crippen LogP contribution is -2.51. The highest BCUT2D eigenvalue weighted by atomic mass is 16.5. The molecule has 0 radical (unpaired) electrons. The number of hydrogen-bond donors (Lipinski definition) is 0. The molecular weight excluding hydrogens is 300 g/mol. The Morgan fingerprint density at radius 2 is 1.38 bits per heavy atom. The molecule has 24 heavy (non-hydrogen) atoms. The molecule has 3 heterocycles. The predicted octanol–water partition coefficient (Wildman–Crippen LogP) is 0.914. The smallest absolute Gasteiger partial charge is 0.0474 e. The zero-order valence-corrected chi connectivity index (χ0v) is 16.0. The molecule has 0 aromatic carbocycles. The Morgan fingerprint density at radius 3 is 2.00 bits per heavy atom. The second-order valence-corrected chi connectivity index (χ2v) is 8.32. The summed E-state index contributed by atoms with van der Waals surface area (Å²) in [6.07, 6.45) is 4.00. The van der Waals surface area contributed by atoms with Gasteiger partial charge in [-0.1, -0.05) is 0 Å². The van der Waals surface area contributed by atoms with Crippen molar-refractivity contribution in [1.82, 2.24) is 19.6 Å². The van der Waals surface area contributed by atoms with Gasteiger partial charge in [0.1, 0.15) is 0 Å². The van der Waals surface area contributed by atoms with E-state index in [-0.39, 0.29) is 0 Å². The minimum absolute atomic E-state index is 0.899. The van der Waals surface area contributed by atoms with Gasteiger partial charge in [-0.2, -0.15) is 0 Å². The number of nitrogens with zero attached hydrogens (tertiary/aromatic N) is 4. The van der Waals surface area contributed by atoms with E-state index in [1.165, 1.54) is 91.3 Å². The molecule has 5 heteroatoms. The molecule has 0 unspecified atom stereocenters. The third kappa shape index (κ3) is 5.67. The highest BCUT2D eigenvalue weighted by molar-refractivity contribution is 4.83. The third-order valence-corrected chi connectivity index (χ3v) is 6.17. The van der Waals surface area contributed by atoms with Gasteiger partial charge in [-0.05, 0) is 51.2 Å². The van der Waals surface area contributed by atoms with Crippen LogP contribution in [0.1, 0.15) is 19.3 Å². The molecule has 5 nitrogen and oxygen atoms in total. The van der Waals surface area contributed by atoms with Gasteiger partial charge in [0.25, 0.3) is 0 Å². The lowest BCUT2D eigenvalue weighted by atomic mass is 9.93. The van der Waals surface area contributed by atoms with Gasteiger partial charge in [0.15, 0.2) is 0 Å². The molecule has 3 aliphatic heterocycles. The first kappa shape index (κ1) is 18.6. The van der Waals surface area contributed by atoms with E-state index < -0.39 is 0 Å². The highest BCUT2D eigenvalue weighted by Crippen LogP contribution is 2.22. The molecule has 3 rings (SSSR count). The molecule has 0 saturated carbocycles. The average molecular weight is 339 g/mol. The van der Waals surface area contributed by atoms with E-state index in [9.17, 15) is 0 Å². The number of methoxy groups -OCH3 is 1. The summed E-state index contributed by atoms with van der Waals surface area (Å²) < 4.78 is 5.16. The van der Waals surface area contributed by atoms with E-state index in [4.69, 9.17) is 4.74 Å². The maximum atomic E-state index is 5.16. The van der Waals surface area contributed by atoms with Crippen LogP contribution < -0.4 is 0 Å². The number of hydrogen-bond acceptors (Lipinski definition) is 5. The monoisotopic (exact) mass is 338 g/mol. The molecule has 3 saturated heterocycles. The second kappa shape index (κ2) is 9.48. The van der Waals surface area contributed by atoms with Crippen molar-refractivity contribution >= 4 is 0 Å². The fourth-order valence-corrected chi connectivity index (χ4v) is 4.65. The summed E-state index contributed by atoms with van der Waals surface area (Å²) >= 11 is 0. The van der Waals surface area contributed by atoms with Crippen LogP contribution in [-0.2, 0) is 4.74 Å². The molecule has 0 N–H and O–H groups in total. The summed E-state index contributed by atoms with van der Waals surface area (Å²) in [5, 5.41) is 0. The Labute approximate surface area is 148 Å². The molecule has 3 fully saturated rings. The maximum Gasteiger partial charge on any atom is 0.0474 e. The topological polar surface area (TPSA) is 22.2 Å². The van der Waals surface area contributed by atoms with Gasteiger partial charge in [0.05, 0.1) is 0 Å². The zero-order valence-electron chi connectivity index (χ0n) is 16.0. The van der Waals surface area contributed by atoms with Gasteiger partial charge >= 0.3 is 0 Å². The number of ether oxygens (including phenoxy) is 1. The van der Waals surface area contributed by atoms with E-state index in [2.05, 4.69) is 26.6 Å². The first-order valence-electron chi connectivity index (χ1n) is 10.1. The number of piperidine rings is 1. The molecular formula is C19H38N4O. The Bertz CT molecular complexity index is 345. The molecule has 0 spiro atoms. The lowest BCUT2D eigenvalue weighted by molar-refractivity contribution is 0.0604. The maximum absolute atomic E-state index is 5.16. The van der Waals surface area contributed by atoms with Crippen LogP contribution in [0.2, 0.25) is 0 Å². The summed E-state index contributed by atoms with van der Waals surface area (Å²) in [7, 11) is 4.04. The van der Waals surface area contributed by atoms with Gasteiger partial charge in [-0.15, -0.1) is 0 Å².